The highest BCUT2D eigenvalue weighted by Gasteiger charge is 2.09. The molecule has 0 spiro atoms. The molecule has 5 nitrogen and oxygen atoms in total. The first-order valence-corrected chi connectivity index (χ1v) is 7.97. The SMILES string of the molecule is CCCNc1ccc(CNC(=O)NC(C)c2ccccn2)cc1. The fourth-order valence-corrected chi connectivity index (χ4v) is 2.15. The number of nitrogens with zero attached hydrogens (tertiary/aromatic N) is 1. The Balaban J connectivity index is 1.77. The summed E-state index contributed by atoms with van der Waals surface area (Å²) in [6.07, 6.45) is 2.82. The zero-order valence-electron chi connectivity index (χ0n) is 13.7. The van der Waals surface area contributed by atoms with Crippen molar-refractivity contribution in [2.24, 2.45) is 0 Å². The summed E-state index contributed by atoms with van der Waals surface area (Å²) in [5.74, 6) is 0. The number of anilines is 1. The first-order chi connectivity index (χ1) is 11.2. The quantitative estimate of drug-likeness (QED) is 0.733. The lowest BCUT2D eigenvalue weighted by atomic mass is 10.2. The zero-order chi connectivity index (χ0) is 16.5. The van der Waals surface area contributed by atoms with Crippen molar-refractivity contribution in [3.63, 3.8) is 0 Å². The van der Waals surface area contributed by atoms with Crippen molar-refractivity contribution >= 4 is 11.7 Å². The molecule has 2 amide bonds. The average Bonchev–Trinajstić information content (AvgIpc) is 2.59. The first kappa shape index (κ1) is 16.8. The number of amides is 2. The summed E-state index contributed by atoms with van der Waals surface area (Å²) >= 11 is 0. The van der Waals surface area contributed by atoms with Crippen LogP contribution in [0.5, 0.6) is 0 Å². The molecule has 1 heterocycles. The Morgan fingerprint density at radius 3 is 2.61 bits per heavy atom. The number of hydrogen-bond acceptors (Lipinski definition) is 3. The number of benzene rings is 1. The van der Waals surface area contributed by atoms with Crippen molar-refractivity contribution in [2.75, 3.05) is 11.9 Å². The van der Waals surface area contributed by atoms with Gasteiger partial charge in [0, 0.05) is 25.0 Å². The molecule has 0 aliphatic carbocycles. The number of pyridine rings is 1. The molecule has 1 unspecified atom stereocenters. The summed E-state index contributed by atoms with van der Waals surface area (Å²) in [6, 6.07) is 13.4. The van der Waals surface area contributed by atoms with Crippen LogP contribution in [0.4, 0.5) is 10.5 Å². The van der Waals surface area contributed by atoms with E-state index < -0.39 is 0 Å². The van der Waals surface area contributed by atoms with Crippen molar-refractivity contribution in [3.8, 4) is 0 Å². The Kier molecular flexibility index (Phi) is 6.41. The summed E-state index contributed by atoms with van der Waals surface area (Å²) in [5, 5.41) is 9.07. The molecule has 0 aliphatic rings. The van der Waals surface area contributed by atoms with Crippen molar-refractivity contribution < 1.29 is 4.79 Å². The summed E-state index contributed by atoms with van der Waals surface area (Å²) < 4.78 is 0. The number of hydrogen-bond donors (Lipinski definition) is 3. The van der Waals surface area contributed by atoms with E-state index in [0.717, 1.165) is 29.9 Å². The van der Waals surface area contributed by atoms with Crippen molar-refractivity contribution in [1.29, 1.82) is 0 Å². The van der Waals surface area contributed by atoms with Crippen molar-refractivity contribution in [3.05, 3.63) is 59.9 Å². The standard InChI is InChI=1S/C18H24N4O/c1-3-11-19-16-9-7-15(8-10-16)13-21-18(23)22-14(2)17-6-4-5-12-20-17/h4-10,12,14,19H,3,11,13H2,1-2H3,(H2,21,22,23). The molecule has 1 aromatic carbocycles. The van der Waals surface area contributed by atoms with Gasteiger partial charge in [-0.25, -0.2) is 4.79 Å². The highest BCUT2D eigenvalue weighted by atomic mass is 16.2. The molecule has 0 saturated carbocycles. The van der Waals surface area contributed by atoms with Crippen molar-refractivity contribution in [2.45, 2.75) is 32.9 Å². The van der Waals surface area contributed by atoms with Crippen LogP contribution in [0.2, 0.25) is 0 Å². The molecule has 0 aliphatic heterocycles. The second kappa shape index (κ2) is 8.78. The van der Waals surface area contributed by atoms with E-state index >= 15 is 0 Å². The molecule has 3 N–H and O–H groups in total. The third-order valence-electron chi connectivity index (χ3n) is 3.47. The van der Waals surface area contributed by atoms with E-state index in [2.05, 4.69) is 27.9 Å². The van der Waals surface area contributed by atoms with Crippen LogP contribution in [-0.4, -0.2) is 17.6 Å². The maximum Gasteiger partial charge on any atom is 0.315 e. The van der Waals surface area contributed by atoms with Crippen LogP contribution in [0.1, 0.15) is 37.6 Å². The number of carbonyl (C=O) groups excluding carboxylic acids is 1. The second-order valence-corrected chi connectivity index (χ2v) is 5.43. The van der Waals surface area contributed by atoms with Gasteiger partial charge in [0.25, 0.3) is 0 Å². The second-order valence-electron chi connectivity index (χ2n) is 5.43. The summed E-state index contributed by atoms with van der Waals surface area (Å²) in [5.41, 5.74) is 3.01. The van der Waals surface area contributed by atoms with Crippen LogP contribution < -0.4 is 16.0 Å². The molecule has 0 bridgehead atoms. The molecule has 122 valence electrons. The van der Waals surface area contributed by atoms with Crippen LogP contribution in [0.25, 0.3) is 0 Å². The van der Waals surface area contributed by atoms with E-state index in [1.165, 1.54) is 0 Å². The third-order valence-corrected chi connectivity index (χ3v) is 3.47. The van der Waals surface area contributed by atoms with E-state index in [1.807, 2.05) is 49.4 Å². The maximum absolute atomic E-state index is 11.9. The molecule has 2 rings (SSSR count). The van der Waals surface area contributed by atoms with Gasteiger partial charge in [0.15, 0.2) is 0 Å². The van der Waals surface area contributed by atoms with Crippen LogP contribution in [0, 0.1) is 0 Å². The molecule has 23 heavy (non-hydrogen) atoms. The van der Waals surface area contributed by atoms with Crippen LogP contribution in [-0.2, 0) is 6.54 Å². The van der Waals surface area contributed by atoms with Gasteiger partial charge < -0.3 is 16.0 Å². The van der Waals surface area contributed by atoms with Crippen LogP contribution in [0.3, 0.4) is 0 Å². The minimum Gasteiger partial charge on any atom is -0.385 e. The number of aromatic nitrogens is 1. The summed E-state index contributed by atoms with van der Waals surface area (Å²) in [4.78, 5) is 16.2. The highest BCUT2D eigenvalue weighted by Crippen LogP contribution is 2.10. The fraction of sp³-hybridized carbons (Fsp3) is 0.333. The number of urea groups is 1. The largest absolute Gasteiger partial charge is 0.385 e. The van der Waals surface area contributed by atoms with E-state index in [-0.39, 0.29) is 12.1 Å². The maximum atomic E-state index is 11.9. The molecular weight excluding hydrogens is 288 g/mol. The van der Waals surface area contributed by atoms with Gasteiger partial charge in [0.2, 0.25) is 0 Å². The fourth-order valence-electron chi connectivity index (χ4n) is 2.15. The summed E-state index contributed by atoms with van der Waals surface area (Å²) in [6.45, 7) is 5.51. The molecule has 2 aromatic rings. The molecule has 5 heteroatoms. The Labute approximate surface area is 137 Å². The lowest BCUT2D eigenvalue weighted by Crippen LogP contribution is -2.36. The highest BCUT2D eigenvalue weighted by molar-refractivity contribution is 5.74. The van der Waals surface area contributed by atoms with Gasteiger partial charge in [-0.3, -0.25) is 4.98 Å². The Morgan fingerprint density at radius 2 is 1.96 bits per heavy atom. The third kappa shape index (κ3) is 5.62. The lowest BCUT2D eigenvalue weighted by Gasteiger charge is -2.14. The smallest absolute Gasteiger partial charge is 0.315 e. The van der Waals surface area contributed by atoms with Crippen LogP contribution in [0.15, 0.2) is 48.7 Å². The van der Waals surface area contributed by atoms with E-state index in [1.54, 1.807) is 6.20 Å². The Hall–Kier alpha value is -2.56. The van der Waals surface area contributed by atoms with E-state index in [0.29, 0.717) is 6.54 Å². The zero-order valence-corrected chi connectivity index (χ0v) is 13.7. The van der Waals surface area contributed by atoms with E-state index in [9.17, 15) is 4.79 Å². The van der Waals surface area contributed by atoms with E-state index in [4.69, 9.17) is 0 Å². The van der Waals surface area contributed by atoms with Gasteiger partial charge in [0.05, 0.1) is 11.7 Å². The Bertz CT molecular complexity index is 598. The predicted octanol–water partition coefficient (Wildman–Crippen LogP) is 3.46. The number of carbonyl (C=O) groups is 1. The number of rotatable bonds is 7. The average molecular weight is 312 g/mol. The van der Waals surface area contributed by atoms with Crippen LogP contribution >= 0.6 is 0 Å². The molecule has 1 aromatic heterocycles. The molecular formula is C18H24N4O. The van der Waals surface area contributed by atoms with Gasteiger partial charge in [-0.05, 0) is 43.2 Å². The normalized spacial score (nSPS) is 11.6. The molecule has 0 fully saturated rings. The topological polar surface area (TPSA) is 66.0 Å². The summed E-state index contributed by atoms with van der Waals surface area (Å²) in [7, 11) is 0. The van der Waals surface area contributed by atoms with Gasteiger partial charge in [-0.1, -0.05) is 25.1 Å². The molecule has 0 saturated heterocycles. The minimum atomic E-state index is -0.198. The predicted molar refractivity (Wildman–Crippen MR) is 93.2 cm³/mol. The van der Waals surface area contributed by atoms with Gasteiger partial charge in [-0.15, -0.1) is 0 Å². The molecule has 1 atom stereocenters. The molecule has 0 radical (unpaired) electrons. The van der Waals surface area contributed by atoms with Gasteiger partial charge >= 0.3 is 6.03 Å². The van der Waals surface area contributed by atoms with Crippen molar-refractivity contribution in [1.82, 2.24) is 15.6 Å². The lowest BCUT2D eigenvalue weighted by molar-refractivity contribution is 0.237. The van der Waals surface area contributed by atoms with Gasteiger partial charge in [-0.2, -0.15) is 0 Å². The van der Waals surface area contributed by atoms with Gasteiger partial charge in [0.1, 0.15) is 0 Å². The first-order valence-electron chi connectivity index (χ1n) is 7.97. The Morgan fingerprint density at radius 1 is 1.17 bits per heavy atom. The minimum absolute atomic E-state index is 0.128. The monoisotopic (exact) mass is 312 g/mol. The number of nitrogens with one attached hydrogen (secondary N) is 3.